The van der Waals surface area contributed by atoms with Gasteiger partial charge in [-0.25, -0.2) is 4.79 Å². The molecule has 1 aliphatic rings. The van der Waals surface area contributed by atoms with Gasteiger partial charge in [-0.1, -0.05) is 0 Å². The topological polar surface area (TPSA) is 68.4 Å². The number of hydrogen-bond donors (Lipinski definition) is 3. The molecule has 5 heteroatoms. The molecule has 0 aliphatic carbocycles. The first kappa shape index (κ1) is 14.1. The van der Waals surface area contributed by atoms with Crippen molar-refractivity contribution in [2.75, 3.05) is 32.7 Å². The Kier molecular flexibility index (Phi) is 3.94. The third-order valence-electron chi connectivity index (χ3n) is 4.25. The molecular formula is C16H21N3O2. The average molecular weight is 287 g/mol. The van der Waals surface area contributed by atoms with Crippen molar-refractivity contribution in [1.29, 1.82) is 0 Å². The normalized spacial score (nSPS) is 16.4. The highest BCUT2D eigenvalue weighted by atomic mass is 16.4. The first-order valence-electron chi connectivity index (χ1n) is 7.43. The number of nitrogens with one attached hydrogen (secondary N) is 2. The van der Waals surface area contributed by atoms with Crippen molar-refractivity contribution in [1.82, 2.24) is 15.2 Å². The number of fused-ring (bicyclic) bond motifs is 1. The fourth-order valence-electron chi connectivity index (χ4n) is 3.04. The van der Waals surface area contributed by atoms with Crippen LogP contribution in [-0.4, -0.2) is 53.7 Å². The molecule has 3 rings (SSSR count). The first-order chi connectivity index (χ1) is 10.1. The lowest BCUT2D eigenvalue weighted by molar-refractivity contribution is 0.0697. The van der Waals surface area contributed by atoms with Crippen molar-refractivity contribution < 1.29 is 9.90 Å². The first-order valence-corrected chi connectivity index (χ1v) is 7.43. The number of hydrogen-bond acceptors (Lipinski definition) is 3. The second-order valence-electron chi connectivity index (χ2n) is 5.64. The summed E-state index contributed by atoms with van der Waals surface area (Å²) in [5.74, 6) is -0.871. The second-order valence-corrected chi connectivity index (χ2v) is 5.64. The van der Waals surface area contributed by atoms with E-state index < -0.39 is 5.97 Å². The molecule has 0 spiro atoms. The van der Waals surface area contributed by atoms with Gasteiger partial charge in [0.2, 0.25) is 0 Å². The van der Waals surface area contributed by atoms with Gasteiger partial charge in [-0.2, -0.15) is 0 Å². The number of carboxylic acid groups (broad SMARTS) is 1. The predicted molar refractivity (Wildman–Crippen MR) is 83.0 cm³/mol. The highest BCUT2D eigenvalue weighted by Gasteiger charge is 2.14. The summed E-state index contributed by atoms with van der Waals surface area (Å²) in [6.07, 6.45) is 0.953. The SMILES string of the molecule is Cc1[nH]c2ccc(C(=O)O)cc2c1CCN1CCNCC1. The molecule has 2 aromatic rings. The number of carboxylic acids is 1. The monoisotopic (exact) mass is 287 g/mol. The lowest BCUT2D eigenvalue weighted by Gasteiger charge is -2.27. The molecule has 112 valence electrons. The van der Waals surface area contributed by atoms with E-state index in [4.69, 9.17) is 5.11 Å². The van der Waals surface area contributed by atoms with Gasteiger partial charge in [0.1, 0.15) is 0 Å². The number of aryl methyl sites for hydroxylation is 1. The van der Waals surface area contributed by atoms with Gasteiger partial charge in [0, 0.05) is 49.3 Å². The van der Waals surface area contributed by atoms with Gasteiger partial charge in [-0.3, -0.25) is 0 Å². The van der Waals surface area contributed by atoms with Crippen LogP contribution in [0.15, 0.2) is 18.2 Å². The van der Waals surface area contributed by atoms with Crippen LogP contribution >= 0.6 is 0 Å². The van der Waals surface area contributed by atoms with Crippen molar-refractivity contribution in [3.8, 4) is 0 Å². The number of aromatic carboxylic acids is 1. The van der Waals surface area contributed by atoms with Gasteiger partial charge in [-0.05, 0) is 37.1 Å². The Bertz CT molecular complexity index is 657. The number of benzene rings is 1. The number of rotatable bonds is 4. The molecule has 0 atom stereocenters. The third-order valence-corrected chi connectivity index (χ3v) is 4.25. The summed E-state index contributed by atoms with van der Waals surface area (Å²) in [6.45, 7) is 7.36. The van der Waals surface area contributed by atoms with E-state index in [0.717, 1.165) is 55.7 Å². The van der Waals surface area contributed by atoms with Gasteiger partial charge in [0.25, 0.3) is 0 Å². The van der Waals surface area contributed by atoms with Crippen LogP contribution in [0, 0.1) is 6.92 Å². The van der Waals surface area contributed by atoms with E-state index in [1.807, 2.05) is 6.07 Å². The Labute approximate surface area is 124 Å². The number of aromatic nitrogens is 1. The van der Waals surface area contributed by atoms with E-state index in [-0.39, 0.29) is 0 Å². The van der Waals surface area contributed by atoms with Gasteiger partial charge < -0.3 is 20.3 Å². The van der Waals surface area contributed by atoms with Crippen LogP contribution < -0.4 is 5.32 Å². The highest BCUT2D eigenvalue weighted by molar-refractivity contribution is 5.95. The Hall–Kier alpha value is -1.85. The molecule has 1 aromatic heterocycles. The molecule has 1 aliphatic heterocycles. The Morgan fingerprint density at radius 2 is 2.10 bits per heavy atom. The predicted octanol–water partition coefficient (Wildman–Crippen LogP) is 1.62. The summed E-state index contributed by atoms with van der Waals surface area (Å²) < 4.78 is 0. The standard InChI is InChI=1S/C16H21N3O2/c1-11-13(4-7-19-8-5-17-6-9-19)14-10-12(16(20)21)2-3-15(14)18-11/h2-3,10,17-18H,4-9H2,1H3,(H,20,21). The Morgan fingerprint density at radius 1 is 1.33 bits per heavy atom. The molecular weight excluding hydrogens is 266 g/mol. The second kappa shape index (κ2) is 5.87. The maximum absolute atomic E-state index is 11.1. The van der Waals surface area contributed by atoms with Crippen molar-refractivity contribution in [3.05, 3.63) is 35.0 Å². The molecule has 1 aromatic carbocycles. The molecule has 0 unspecified atom stereocenters. The quantitative estimate of drug-likeness (QED) is 0.799. The van der Waals surface area contributed by atoms with Crippen LogP contribution in [0.4, 0.5) is 0 Å². The highest BCUT2D eigenvalue weighted by Crippen LogP contribution is 2.24. The number of nitrogens with zero attached hydrogens (tertiary/aromatic N) is 1. The fourth-order valence-corrected chi connectivity index (χ4v) is 3.04. The molecule has 0 radical (unpaired) electrons. The smallest absolute Gasteiger partial charge is 0.335 e. The number of carbonyl (C=O) groups is 1. The lowest BCUT2D eigenvalue weighted by atomic mass is 10.0. The third kappa shape index (κ3) is 2.94. The van der Waals surface area contributed by atoms with Crippen molar-refractivity contribution >= 4 is 16.9 Å². The van der Waals surface area contributed by atoms with Crippen LogP contribution in [0.5, 0.6) is 0 Å². The van der Waals surface area contributed by atoms with Crippen molar-refractivity contribution in [2.45, 2.75) is 13.3 Å². The molecule has 21 heavy (non-hydrogen) atoms. The van der Waals surface area contributed by atoms with Crippen LogP contribution in [-0.2, 0) is 6.42 Å². The lowest BCUT2D eigenvalue weighted by Crippen LogP contribution is -2.44. The van der Waals surface area contributed by atoms with Gasteiger partial charge >= 0.3 is 5.97 Å². The van der Waals surface area contributed by atoms with Gasteiger partial charge in [-0.15, -0.1) is 0 Å². The zero-order valence-corrected chi connectivity index (χ0v) is 12.3. The molecule has 0 amide bonds. The molecule has 1 fully saturated rings. The minimum Gasteiger partial charge on any atom is -0.478 e. The molecule has 2 heterocycles. The summed E-state index contributed by atoms with van der Waals surface area (Å²) in [6, 6.07) is 5.30. The summed E-state index contributed by atoms with van der Waals surface area (Å²) in [7, 11) is 0. The van der Waals surface area contributed by atoms with Gasteiger partial charge in [0.15, 0.2) is 0 Å². The van der Waals surface area contributed by atoms with E-state index >= 15 is 0 Å². The van der Waals surface area contributed by atoms with E-state index in [1.54, 1.807) is 12.1 Å². The summed E-state index contributed by atoms with van der Waals surface area (Å²) >= 11 is 0. The van der Waals surface area contributed by atoms with Crippen LogP contribution in [0.2, 0.25) is 0 Å². The Balaban J connectivity index is 1.84. The van der Waals surface area contributed by atoms with E-state index in [9.17, 15) is 4.79 Å². The molecule has 3 N–H and O–H groups in total. The largest absolute Gasteiger partial charge is 0.478 e. The minimum absolute atomic E-state index is 0.352. The van der Waals surface area contributed by atoms with Crippen molar-refractivity contribution in [2.24, 2.45) is 0 Å². The maximum Gasteiger partial charge on any atom is 0.335 e. The van der Waals surface area contributed by atoms with Crippen LogP contribution in [0.3, 0.4) is 0 Å². The van der Waals surface area contributed by atoms with Gasteiger partial charge in [0.05, 0.1) is 5.56 Å². The summed E-state index contributed by atoms with van der Waals surface area (Å²) in [5.41, 5.74) is 3.76. The molecule has 0 saturated carbocycles. The maximum atomic E-state index is 11.1. The molecule has 5 nitrogen and oxygen atoms in total. The van der Waals surface area contributed by atoms with E-state index in [1.165, 1.54) is 5.56 Å². The number of aromatic amines is 1. The Morgan fingerprint density at radius 3 is 2.81 bits per heavy atom. The molecule has 1 saturated heterocycles. The number of H-pyrrole nitrogens is 1. The fraction of sp³-hybridized carbons (Fsp3) is 0.438. The van der Waals surface area contributed by atoms with Crippen molar-refractivity contribution in [3.63, 3.8) is 0 Å². The zero-order valence-electron chi connectivity index (χ0n) is 12.3. The average Bonchev–Trinajstić information content (AvgIpc) is 2.80. The van der Waals surface area contributed by atoms with Crippen LogP contribution in [0.25, 0.3) is 10.9 Å². The van der Waals surface area contributed by atoms with Crippen LogP contribution in [0.1, 0.15) is 21.6 Å². The molecule has 0 bridgehead atoms. The van der Waals surface area contributed by atoms with E-state index in [0.29, 0.717) is 5.56 Å². The zero-order chi connectivity index (χ0) is 14.8. The summed E-state index contributed by atoms with van der Waals surface area (Å²) in [4.78, 5) is 17.0. The number of piperazine rings is 1. The summed E-state index contributed by atoms with van der Waals surface area (Å²) in [5, 5.41) is 13.6. The minimum atomic E-state index is -0.871. The van der Waals surface area contributed by atoms with E-state index in [2.05, 4.69) is 22.1 Å².